The van der Waals surface area contributed by atoms with Crippen LogP contribution in [0.25, 0.3) is 11.1 Å². The first kappa shape index (κ1) is 21.9. The van der Waals surface area contributed by atoms with Gasteiger partial charge in [0.2, 0.25) is 0 Å². The number of amides is 1. The Hall–Kier alpha value is -3.35. The molecule has 0 radical (unpaired) electrons. The molecule has 1 fully saturated rings. The smallest absolute Gasteiger partial charge is 0.255 e. The molecule has 0 aliphatic carbocycles. The molecule has 0 spiro atoms. The molecule has 1 N–H and O–H groups in total. The van der Waals surface area contributed by atoms with E-state index in [0.717, 1.165) is 44.0 Å². The Labute approximate surface area is 188 Å². The van der Waals surface area contributed by atoms with Crippen molar-refractivity contribution in [2.24, 2.45) is 0 Å². The SMILES string of the molecule is COc1ccc(NC(=O)c2ccc(-c3ccccc3)cc2)cc1OCCN1CCOCC1. The van der Waals surface area contributed by atoms with Gasteiger partial charge in [0.1, 0.15) is 6.61 Å². The number of nitrogens with one attached hydrogen (secondary N) is 1. The molecule has 1 saturated heterocycles. The molecule has 1 aliphatic heterocycles. The molecule has 0 unspecified atom stereocenters. The molecule has 3 aromatic carbocycles. The van der Waals surface area contributed by atoms with E-state index in [1.54, 1.807) is 19.2 Å². The van der Waals surface area contributed by atoms with E-state index in [9.17, 15) is 4.79 Å². The Morgan fingerprint density at radius 2 is 1.66 bits per heavy atom. The third kappa shape index (κ3) is 5.66. The number of methoxy groups -OCH3 is 1. The van der Waals surface area contributed by atoms with E-state index in [4.69, 9.17) is 14.2 Å². The van der Waals surface area contributed by atoms with Gasteiger partial charge in [-0.2, -0.15) is 0 Å². The number of anilines is 1. The van der Waals surface area contributed by atoms with Crippen molar-refractivity contribution in [1.29, 1.82) is 0 Å². The molecule has 0 saturated carbocycles. The largest absolute Gasteiger partial charge is 0.493 e. The number of benzene rings is 3. The maximum atomic E-state index is 12.7. The lowest BCUT2D eigenvalue weighted by Crippen LogP contribution is -2.38. The van der Waals surface area contributed by atoms with Crippen molar-refractivity contribution in [2.75, 3.05) is 51.9 Å². The first-order valence-electron chi connectivity index (χ1n) is 10.8. The lowest BCUT2D eigenvalue weighted by Gasteiger charge is -2.26. The number of ether oxygens (including phenoxy) is 3. The van der Waals surface area contributed by atoms with Crippen LogP contribution in [0, 0.1) is 0 Å². The van der Waals surface area contributed by atoms with Crippen LogP contribution in [0.5, 0.6) is 11.5 Å². The van der Waals surface area contributed by atoms with Crippen molar-refractivity contribution in [1.82, 2.24) is 4.90 Å². The van der Waals surface area contributed by atoms with Gasteiger partial charge in [-0.1, -0.05) is 42.5 Å². The number of hydrogen-bond acceptors (Lipinski definition) is 5. The summed E-state index contributed by atoms with van der Waals surface area (Å²) in [5.41, 5.74) is 3.44. The average Bonchev–Trinajstić information content (AvgIpc) is 2.85. The Morgan fingerprint density at radius 3 is 2.38 bits per heavy atom. The highest BCUT2D eigenvalue weighted by Gasteiger charge is 2.13. The summed E-state index contributed by atoms with van der Waals surface area (Å²) in [6.07, 6.45) is 0. The van der Waals surface area contributed by atoms with Gasteiger partial charge in [-0.25, -0.2) is 0 Å². The van der Waals surface area contributed by atoms with E-state index in [1.807, 2.05) is 60.7 Å². The molecule has 0 aromatic heterocycles. The first-order chi connectivity index (χ1) is 15.7. The molecule has 4 rings (SSSR count). The topological polar surface area (TPSA) is 60.0 Å². The molecule has 3 aromatic rings. The quantitative estimate of drug-likeness (QED) is 0.574. The molecule has 0 bridgehead atoms. The fraction of sp³-hybridized carbons (Fsp3) is 0.269. The van der Waals surface area contributed by atoms with Gasteiger partial charge in [0, 0.05) is 37.0 Å². The molecule has 1 heterocycles. The van der Waals surface area contributed by atoms with Gasteiger partial charge < -0.3 is 19.5 Å². The normalized spacial score (nSPS) is 14.0. The number of nitrogens with zero attached hydrogens (tertiary/aromatic N) is 1. The predicted octanol–water partition coefficient (Wildman–Crippen LogP) is 4.33. The van der Waals surface area contributed by atoms with E-state index in [-0.39, 0.29) is 5.91 Å². The Kier molecular flexibility index (Phi) is 7.38. The Morgan fingerprint density at radius 1 is 0.938 bits per heavy atom. The van der Waals surface area contributed by atoms with Gasteiger partial charge in [0.25, 0.3) is 5.91 Å². The van der Waals surface area contributed by atoms with Crippen LogP contribution in [0.1, 0.15) is 10.4 Å². The Bertz CT molecular complexity index is 1020. The van der Waals surface area contributed by atoms with E-state index >= 15 is 0 Å². The van der Waals surface area contributed by atoms with Crippen LogP contribution in [0.3, 0.4) is 0 Å². The highest BCUT2D eigenvalue weighted by Crippen LogP contribution is 2.30. The van der Waals surface area contributed by atoms with Gasteiger partial charge in [-0.05, 0) is 35.4 Å². The van der Waals surface area contributed by atoms with Crippen LogP contribution in [-0.4, -0.2) is 57.4 Å². The van der Waals surface area contributed by atoms with Crippen LogP contribution in [0.2, 0.25) is 0 Å². The van der Waals surface area contributed by atoms with Crippen LogP contribution < -0.4 is 14.8 Å². The van der Waals surface area contributed by atoms with Crippen molar-refractivity contribution in [3.05, 3.63) is 78.4 Å². The maximum Gasteiger partial charge on any atom is 0.255 e. The van der Waals surface area contributed by atoms with Gasteiger partial charge in [0.05, 0.1) is 20.3 Å². The van der Waals surface area contributed by atoms with Crippen molar-refractivity contribution in [2.45, 2.75) is 0 Å². The summed E-state index contributed by atoms with van der Waals surface area (Å²) in [7, 11) is 1.61. The zero-order valence-electron chi connectivity index (χ0n) is 18.3. The fourth-order valence-electron chi connectivity index (χ4n) is 3.62. The minimum absolute atomic E-state index is 0.172. The van der Waals surface area contributed by atoms with Crippen molar-refractivity contribution in [3.63, 3.8) is 0 Å². The van der Waals surface area contributed by atoms with E-state index < -0.39 is 0 Å². The average molecular weight is 433 g/mol. The highest BCUT2D eigenvalue weighted by atomic mass is 16.5. The second-order valence-electron chi connectivity index (χ2n) is 7.57. The van der Waals surface area contributed by atoms with Gasteiger partial charge in [-0.15, -0.1) is 0 Å². The van der Waals surface area contributed by atoms with E-state index in [1.165, 1.54) is 0 Å². The molecule has 6 heteroatoms. The zero-order valence-corrected chi connectivity index (χ0v) is 18.3. The number of morpholine rings is 1. The molecule has 1 amide bonds. The highest BCUT2D eigenvalue weighted by molar-refractivity contribution is 6.04. The molecular formula is C26H28N2O4. The van der Waals surface area contributed by atoms with Gasteiger partial charge in [-0.3, -0.25) is 9.69 Å². The summed E-state index contributed by atoms with van der Waals surface area (Å²) >= 11 is 0. The summed E-state index contributed by atoms with van der Waals surface area (Å²) in [6, 6.07) is 23.1. The van der Waals surface area contributed by atoms with Crippen LogP contribution in [0.15, 0.2) is 72.8 Å². The van der Waals surface area contributed by atoms with Crippen LogP contribution in [0.4, 0.5) is 5.69 Å². The second kappa shape index (κ2) is 10.8. The second-order valence-corrected chi connectivity index (χ2v) is 7.57. The summed E-state index contributed by atoms with van der Waals surface area (Å²) in [4.78, 5) is 15.1. The molecule has 166 valence electrons. The molecule has 0 atom stereocenters. The molecule has 6 nitrogen and oxygen atoms in total. The van der Waals surface area contributed by atoms with Crippen LogP contribution >= 0.6 is 0 Å². The van der Waals surface area contributed by atoms with Gasteiger partial charge >= 0.3 is 0 Å². The van der Waals surface area contributed by atoms with E-state index in [2.05, 4.69) is 10.2 Å². The van der Waals surface area contributed by atoms with Crippen molar-refractivity contribution >= 4 is 11.6 Å². The van der Waals surface area contributed by atoms with Gasteiger partial charge in [0.15, 0.2) is 11.5 Å². The Balaban J connectivity index is 1.38. The summed E-state index contributed by atoms with van der Waals surface area (Å²) < 4.78 is 16.8. The predicted molar refractivity (Wildman–Crippen MR) is 126 cm³/mol. The molecular weight excluding hydrogens is 404 g/mol. The third-order valence-electron chi connectivity index (χ3n) is 5.44. The molecule has 32 heavy (non-hydrogen) atoms. The number of hydrogen-bond donors (Lipinski definition) is 1. The lowest BCUT2D eigenvalue weighted by atomic mass is 10.0. The van der Waals surface area contributed by atoms with Crippen LogP contribution in [-0.2, 0) is 4.74 Å². The summed E-state index contributed by atoms with van der Waals surface area (Å²) in [5.74, 6) is 1.07. The molecule has 1 aliphatic rings. The minimum Gasteiger partial charge on any atom is -0.493 e. The first-order valence-corrected chi connectivity index (χ1v) is 10.8. The minimum atomic E-state index is -0.172. The van der Waals surface area contributed by atoms with E-state index in [0.29, 0.717) is 29.4 Å². The van der Waals surface area contributed by atoms with Crippen molar-refractivity contribution in [3.8, 4) is 22.6 Å². The van der Waals surface area contributed by atoms with Crippen molar-refractivity contribution < 1.29 is 19.0 Å². The number of carbonyl (C=O) groups excluding carboxylic acids is 1. The standard InChI is InChI=1S/C26H28N2O4/c1-30-24-12-11-23(19-25(24)32-18-15-28-13-16-31-17-14-28)27-26(29)22-9-7-21(8-10-22)20-5-3-2-4-6-20/h2-12,19H,13-18H2,1H3,(H,27,29). The number of carbonyl (C=O) groups is 1. The monoisotopic (exact) mass is 432 g/mol. The summed E-state index contributed by atoms with van der Waals surface area (Å²) in [5, 5.41) is 2.95. The lowest BCUT2D eigenvalue weighted by molar-refractivity contribution is 0.0321. The maximum absolute atomic E-state index is 12.7. The number of rotatable bonds is 8. The fourth-order valence-corrected chi connectivity index (χ4v) is 3.62. The third-order valence-corrected chi connectivity index (χ3v) is 5.44. The summed E-state index contributed by atoms with van der Waals surface area (Å²) in [6.45, 7) is 4.71. The zero-order chi connectivity index (χ0) is 22.2.